The second-order valence-corrected chi connectivity index (χ2v) is 5.04. The van der Waals surface area contributed by atoms with Gasteiger partial charge in [0, 0.05) is 17.3 Å². The number of pyridine rings is 1. The molecule has 4 rings (SSSR count). The highest BCUT2D eigenvalue weighted by Gasteiger charge is 2.05. The fourth-order valence-electron chi connectivity index (χ4n) is 2.45. The summed E-state index contributed by atoms with van der Waals surface area (Å²) in [6.45, 7) is 0. The number of aromatic nitrogens is 3. The molecule has 3 heteroatoms. The third-order valence-electron chi connectivity index (χ3n) is 3.57. The molecule has 0 spiro atoms. The maximum absolute atomic E-state index is 4.69. The molecule has 0 aliphatic carbocycles. The molecule has 0 bridgehead atoms. The van der Waals surface area contributed by atoms with Gasteiger partial charge in [-0.15, -0.1) is 0 Å². The highest BCUT2D eigenvalue weighted by atomic mass is 14.8. The Morgan fingerprint density at radius 1 is 0.591 bits per heavy atom. The Balaban J connectivity index is 1.81. The molecule has 2 heterocycles. The minimum atomic E-state index is 0.860. The van der Waals surface area contributed by atoms with Gasteiger partial charge in [0.05, 0.1) is 28.6 Å². The SMILES string of the molecule is c1ccc(-c2cc(-c3cnc4ccccc4n3)ccn2)cc1. The Morgan fingerprint density at radius 2 is 1.36 bits per heavy atom. The lowest BCUT2D eigenvalue weighted by atomic mass is 10.1. The van der Waals surface area contributed by atoms with Crippen LogP contribution in [0.25, 0.3) is 33.5 Å². The van der Waals surface area contributed by atoms with E-state index in [1.165, 1.54) is 0 Å². The van der Waals surface area contributed by atoms with Crippen molar-refractivity contribution >= 4 is 11.0 Å². The molecular weight excluding hydrogens is 270 g/mol. The molecule has 2 aromatic heterocycles. The molecular formula is C19H13N3. The van der Waals surface area contributed by atoms with Crippen LogP contribution in [0.4, 0.5) is 0 Å². The minimum absolute atomic E-state index is 0.860. The molecule has 0 aliphatic heterocycles. The van der Waals surface area contributed by atoms with Crippen LogP contribution in [-0.4, -0.2) is 15.0 Å². The second kappa shape index (κ2) is 5.37. The molecule has 0 amide bonds. The van der Waals surface area contributed by atoms with Crippen LogP contribution in [-0.2, 0) is 0 Å². The van der Waals surface area contributed by atoms with Gasteiger partial charge in [-0.05, 0) is 24.3 Å². The van der Waals surface area contributed by atoms with E-state index in [2.05, 4.69) is 27.1 Å². The molecule has 0 N–H and O–H groups in total. The average Bonchev–Trinajstić information content (AvgIpc) is 2.62. The molecule has 104 valence electrons. The first-order chi connectivity index (χ1) is 10.9. The lowest BCUT2D eigenvalue weighted by Crippen LogP contribution is -1.90. The Morgan fingerprint density at radius 3 is 2.23 bits per heavy atom. The normalized spacial score (nSPS) is 10.7. The molecule has 0 saturated heterocycles. The molecule has 0 atom stereocenters. The van der Waals surface area contributed by atoms with E-state index in [-0.39, 0.29) is 0 Å². The van der Waals surface area contributed by atoms with Crippen LogP contribution in [0.2, 0.25) is 0 Å². The smallest absolute Gasteiger partial charge is 0.0894 e. The van der Waals surface area contributed by atoms with Gasteiger partial charge in [-0.25, -0.2) is 4.98 Å². The van der Waals surface area contributed by atoms with Gasteiger partial charge >= 0.3 is 0 Å². The topological polar surface area (TPSA) is 38.7 Å². The van der Waals surface area contributed by atoms with Crippen LogP contribution in [0.15, 0.2) is 79.1 Å². The maximum Gasteiger partial charge on any atom is 0.0894 e. The molecule has 0 unspecified atom stereocenters. The summed E-state index contributed by atoms with van der Waals surface area (Å²) in [7, 11) is 0. The maximum atomic E-state index is 4.69. The first-order valence-electron chi connectivity index (χ1n) is 7.14. The van der Waals surface area contributed by atoms with Gasteiger partial charge in [0.1, 0.15) is 0 Å². The van der Waals surface area contributed by atoms with Gasteiger partial charge in [-0.1, -0.05) is 42.5 Å². The highest BCUT2D eigenvalue weighted by molar-refractivity contribution is 5.77. The van der Waals surface area contributed by atoms with Crippen molar-refractivity contribution in [2.24, 2.45) is 0 Å². The van der Waals surface area contributed by atoms with E-state index in [0.29, 0.717) is 0 Å². The van der Waals surface area contributed by atoms with E-state index < -0.39 is 0 Å². The van der Waals surface area contributed by atoms with Crippen molar-refractivity contribution in [3.8, 4) is 22.5 Å². The summed E-state index contributed by atoms with van der Waals surface area (Å²) >= 11 is 0. The highest BCUT2D eigenvalue weighted by Crippen LogP contribution is 2.23. The van der Waals surface area contributed by atoms with Crippen LogP contribution in [0.5, 0.6) is 0 Å². The zero-order chi connectivity index (χ0) is 14.8. The van der Waals surface area contributed by atoms with E-state index in [0.717, 1.165) is 33.5 Å². The van der Waals surface area contributed by atoms with Crippen molar-refractivity contribution in [1.29, 1.82) is 0 Å². The van der Waals surface area contributed by atoms with E-state index in [9.17, 15) is 0 Å². The summed E-state index contributed by atoms with van der Waals surface area (Å²) in [4.78, 5) is 13.6. The standard InChI is InChI=1S/C19H13N3/c1-2-6-14(7-3-1)18-12-15(10-11-20-18)19-13-21-16-8-4-5-9-17(16)22-19/h1-13H. The lowest BCUT2D eigenvalue weighted by molar-refractivity contribution is 1.27. The molecule has 4 aromatic rings. The van der Waals surface area contributed by atoms with Crippen molar-refractivity contribution in [3.05, 3.63) is 79.1 Å². The van der Waals surface area contributed by atoms with Gasteiger partial charge in [0.2, 0.25) is 0 Å². The van der Waals surface area contributed by atoms with Gasteiger partial charge in [-0.2, -0.15) is 0 Å². The number of fused-ring (bicyclic) bond motifs is 1. The monoisotopic (exact) mass is 283 g/mol. The largest absolute Gasteiger partial charge is 0.256 e. The van der Waals surface area contributed by atoms with Crippen molar-refractivity contribution < 1.29 is 0 Å². The predicted molar refractivity (Wildman–Crippen MR) is 88.2 cm³/mol. The van der Waals surface area contributed by atoms with Crippen molar-refractivity contribution in [3.63, 3.8) is 0 Å². The number of para-hydroxylation sites is 2. The summed E-state index contributed by atoms with van der Waals surface area (Å²) in [5, 5.41) is 0. The fourth-order valence-corrected chi connectivity index (χ4v) is 2.45. The van der Waals surface area contributed by atoms with Gasteiger partial charge < -0.3 is 0 Å². The molecule has 3 nitrogen and oxygen atoms in total. The number of benzene rings is 2. The third kappa shape index (κ3) is 2.33. The Labute approximate surface area is 128 Å². The average molecular weight is 283 g/mol. The second-order valence-electron chi connectivity index (χ2n) is 5.04. The van der Waals surface area contributed by atoms with E-state index in [4.69, 9.17) is 0 Å². The lowest BCUT2D eigenvalue weighted by Gasteiger charge is -2.05. The van der Waals surface area contributed by atoms with Crippen molar-refractivity contribution in [1.82, 2.24) is 15.0 Å². The molecule has 0 fully saturated rings. The summed E-state index contributed by atoms with van der Waals surface area (Å²) < 4.78 is 0. The minimum Gasteiger partial charge on any atom is -0.256 e. The Kier molecular flexibility index (Phi) is 3.09. The van der Waals surface area contributed by atoms with Crippen molar-refractivity contribution in [2.75, 3.05) is 0 Å². The predicted octanol–water partition coefficient (Wildman–Crippen LogP) is 4.36. The molecule has 22 heavy (non-hydrogen) atoms. The number of nitrogens with zero attached hydrogens (tertiary/aromatic N) is 3. The third-order valence-corrected chi connectivity index (χ3v) is 3.57. The van der Waals surface area contributed by atoms with Crippen LogP contribution < -0.4 is 0 Å². The molecule has 0 radical (unpaired) electrons. The summed E-state index contributed by atoms with van der Waals surface area (Å²) in [5.41, 5.74) is 5.72. The van der Waals surface area contributed by atoms with Gasteiger partial charge in [-0.3, -0.25) is 9.97 Å². The van der Waals surface area contributed by atoms with Gasteiger partial charge in [0.15, 0.2) is 0 Å². The molecule has 0 saturated carbocycles. The van der Waals surface area contributed by atoms with Crippen molar-refractivity contribution in [2.45, 2.75) is 0 Å². The number of hydrogen-bond donors (Lipinski definition) is 0. The Hall–Kier alpha value is -3.07. The molecule has 2 aromatic carbocycles. The first kappa shape index (κ1) is 12.7. The van der Waals surface area contributed by atoms with Crippen LogP contribution in [0, 0.1) is 0 Å². The number of rotatable bonds is 2. The van der Waals surface area contributed by atoms with E-state index in [1.54, 1.807) is 0 Å². The molecule has 0 aliphatic rings. The zero-order valence-electron chi connectivity index (χ0n) is 11.8. The number of hydrogen-bond acceptors (Lipinski definition) is 3. The van der Waals surface area contributed by atoms with E-state index in [1.807, 2.05) is 67.0 Å². The zero-order valence-corrected chi connectivity index (χ0v) is 11.8. The fraction of sp³-hybridized carbons (Fsp3) is 0. The quantitative estimate of drug-likeness (QED) is 0.548. The van der Waals surface area contributed by atoms with E-state index >= 15 is 0 Å². The van der Waals surface area contributed by atoms with Crippen LogP contribution in [0.1, 0.15) is 0 Å². The van der Waals surface area contributed by atoms with Crippen LogP contribution in [0.3, 0.4) is 0 Å². The Bertz CT molecular complexity index is 933. The summed E-state index contributed by atoms with van der Waals surface area (Å²) in [5.74, 6) is 0. The summed E-state index contributed by atoms with van der Waals surface area (Å²) in [6.07, 6.45) is 3.63. The summed E-state index contributed by atoms with van der Waals surface area (Å²) in [6, 6.07) is 22.0. The van der Waals surface area contributed by atoms with Crippen LogP contribution >= 0.6 is 0 Å². The first-order valence-corrected chi connectivity index (χ1v) is 7.14. The van der Waals surface area contributed by atoms with Gasteiger partial charge in [0.25, 0.3) is 0 Å².